The van der Waals surface area contributed by atoms with Crippen molar-refractivity contribution in [2.75, 3.05) is 0 Å². The summed E-state index contributed by atoms with van der Waals surface area (Å²) >= 11 is 0. The molecule has 2 rings (SSSR count). The highest BCUT2D eigenvalue weighted by Crippen LogP contribution is 2.29. The minimum Gasteiger partial charge on any atom is -0.243 e. The van der Waals surface area contributed by atoms with E-state index in [0.29, 0.717) is 11.3 Å². The number of halogens is 3. The van der Waals surface area contributed by atoms with E-state index in [1.807, 2.05) is 0 Å². The second-order valence-corrected chi connectivity index (χ2v) is 3.27. The van der Waals surface area contributed by atoms with Gasteiger partial charge in [-0.25, -0.2) is 4.98 Å². The number of alkyl halides is 3. The van der Waals surface area contributed by atoms with Crippen LogP contribution in [-0.2, 0) is 6.18 Å². The Morgan fingerprint density at radius 2 is 1.50 bits per heavy atom. The molecule has 0 N–H and O–H groups in total. The Hall–Kier alpha value is -1.84. The van der Waals surface area contributed by atoms with Gasteiger partial charge in [-0.2, -0.15) is 13.2 Å². The molecule has 82 valence electrons. The fraction of sp³-hybridized carbons (Fsp3) is 0.0833. The number of pyridine rings is 1. The first-order chi connectivity index (χ1) is 7.57. The Bertz CT molecular complexity index is 477. The van der Waals surface area contributed by atoms with E-state index in [4.69, 9.17) is 0 Å². The van der Waals surface area contributed by atoms with Gasteiger partial charge in [-0.1, -0.05) is 36.4 Å². The highest BCUT2D eigenvalue weighted by Gasteiger charge is 2.32. The Morgan fingerprint density at radius 1 is 0.812 bits per heavy atom. The monoisotopic (exact) mass is 223 g/mol. The summed E-state index contributed by atoms with van der Waals surface area (Å²) in [5, 5.41) is 0. The van der Waals surface area contributed by atoms with Crippen molar-refractivity contribution in [3.05, 3.63) is 54.2 Å². The van der Waals surface area contributed by atoms with Crippen molar-refractivity contribution >= 4 is 0 Å². The van der Waals surface area contributed by atoms with Gasteiger partial charge in [-0.15, -0.1) is 0 Å². The largest absolute Gasteiger partial charge is 0.433 e. The van der Waals surface area contributed by atoms with Crippen molar-refractivity contribution in [3.63, 3.8) is 0 Å². The van der Waals surface area contributed by atoms with Crippen LogP contribution in [0, 0.1) is 0 Å². The molecule has 1 aromatic heterocycles. The third-order valence-corrected chi connectivity index (χ3v) is 2.11. The van der Waals surface area contributed by atoms with E-state index in [1.54, 1.807) is 36.4 Å². The quantitative estimate of drug-likeness (QED) is 0.717. The summed E-state index contributed by atoms with van der Waals surface area (Å²) in [6, 6.07) is 12.7. The lowest BCUT2D eigenvalue weighted by atomic mass is 10.1. The molecule has 0 unspecified atom stereocenters. The number of benzene rings is 1. The molecule has 16 heavy (non-hydrogen) atoms. The molecule has 0 aliphatic heterocycles. The molecule has 1 heterocycles. The first-order valence-electron chi connectivity index (χ1n) is 4.67. The third-order valence-electron chi connectivity index (χ3n) is 2.11. The minimum absolute atomic E-state index is 0.329. The van der Waals surface area contributed by atoms with Gasteiger partial charge in [0.1, 0.15) is 5.69 Å². The van der Waals surface area contributed by atoms with E-state index < -0.39 is 11.9 Å². The third kappa shape index (κ3) is 2.21. The first kappa shape index (κ1) is 10.7. The van der Waals surface area contributed by atoms with Gasteiger partial charge in [0.25, 0.3) is 0 Å². The molecule has 2 aromatic rings. The first-order valence-corrected chi connectivity index (χ1v) is 4.67. The van der Waals surface area contributed by atoms with Crippen LogP contribution in [0.15, 0.2) is 48.5 Å². The maximum absolute atomic E-state index is 12.4. The molecule has 0 fully saturated rings. The summed E-state index contributed by atoms with van der Waals surface area (Å²) in [7, 11) is 0. The molecular formula is C12H8F3N. The summed E-state index contributed by atoms with van der Waals surface area (Å²) < 4.78 is 37.3. The van der Waals surface area contributed by atoms with Gasteiger partial charge < -0.3 is 0 Å². The molecular weight excluding hydrogens is 215 g/mol. The van der Waals surface area contributed by atoms with E-state index in [0.717, 1.165) is 6.07 Å². The number of hydrogen-bond acceptors (Lipinski definition) is 1. The highest BCUT2D eigenvalue weighted by atomic mass is 19.4. The molecule has 1 aromatic carbocycles. The predicted molar refractivity (Wildman–Crippen MR) is 54.7 cm³/mol. The van der Waals surface area contributed by atoms with E-state index in [1.165, 1.54) is 6.07 Å². The zero-order chi connectivity index (χ0) is 11.6. The minimum atomic E-state index is -4.40. The van der Waals surface area contributed by atoms with Crippen molar-refractivity contribution in [1.82, 2.24) is 4.98 Å². The van der Waals surface area contributed by atoms with Gasteiger partial charge in [-0.05, 0) is 12.1 Å². The summed E-state index contributed by atoms with van der Waals surface area (Å²) in [5.41, 5.74) is 0.137. The molecule has 0 aliphatic carbocycles. The lowest BCUT2D eigenvalue weighted by Crippen LogP contribution is -2.07. The molecule has 1 nitrogen and oxygen atoms in total. The normalized spacial score (nSPS) is 11.4. The van der Waals surface area contributed by atoms with Gasteiger partial charge in [0.2, 0.25) is 0 Å². The number of aromatic nitrogens is 1. The van der Waals surface area contributed by atoms with E-state index >= 15 is 0 Å². The second-order valence-electron chi connectivity index (χ2n) is 3.27. The van der Waals surface area contributed by atoms with Gasteiger partial charge >= 0.3 is 6.18 Å². The molecule has 0 aliphatic rings. The molecule has 0 saturated carbocycles. The highest BCUT2D eigenvalue weighted by molar-refractivity contribution is 5.58. The molecule has 0 radical (unpaired) electrons. The van der Waals surface area contributed by atoms with Crippen molar-refractivity contribution in [3.8, 4) is 11.3 Å². The molecule has 4 heteroatoms. The fourth-order valence-electron chi connectivity index (χ4n) is 1.36. The molecule has 0 bridgehead atoms. The zero-order valence-electron chi connectivity index (χ0n) is 8.20. The summed E-state index contributed by atoms with van der Waals surface area (Å²) in [4.78, 5) is 3.59. The smallest absolute Gasteiger partial charge is 0.243 e. The Labute approximate surface area is 90.6 Å². The van der Waals surface area contributed by atoms with Crippen molar-refractivity contribution in [2.45, 2.75) is 6.18 Å². The van der Waals surface area contributed by atoms with Crippen LogP contribution in [0.4, 0.5) is 13.2 Å². The fourth-order valence-corrected chi connectivity index (χ4v) is 1.36. The van der Waals surface area contributed by atoms with Gasteiger partial charge in [0.05, 0.1) is 5.69 Å². The molecule has 0 saturated heterocycles. The van der Waals surface area contributed by atoms with Crippen LogP contribution >= 0.6 is 0 Å². The van der Waals surface area contributed by atoms with Gasteiger partial charge in [-0.3, -0.25) is 0 Å². The summed E-state index contributed by atoms with van der Waals surface area (Å²) in [5.74, 6) is 0. The Balaban J connectivity index is 2.45. The van der Waals surface area contributed by atoms with E-state index in [2.05, 4.69) is 4.98 Å². The molecule has 0 spiro atoms. The lowest BCUT2D eigenvalue weighted by Gasteiger charge is -2.07. The van der Waals surface area contributed by atoms with Crippen molar-refractivity contribution in [1.29, 1.82) is 0 Å². The number of hydrogen-bond donors (Lipinski definition) is 0. The van der Waals surface area contributed by atoms with Gasteiger partial charge in [0, 0.05) is 5.56 Å². The van der Waals surface area contributed by atoms with Crippen LogP contribution in [0.1, 0.15) is 5.69 Å². The van der Waals surface area contributed by atoms with Crippen molar-refractivity contribution < 1.29 is 13.2 Å². The summed E-state index contributed by atoms with van der Waals surface area (Å²) in [6.45, 7) is 0. The zero-order valence-corrected chi connectivity index (χ0v) is 8.20. The van der Waals surface area contributed by atoms with Crippen molar-refractivity contribution in [2.24, 2.45) is 0 Å². The molecule has 0 atom stereocenters. The van der Waals surface area contributed by atoms with Crippen LogP contribution in [0.5, 0.6) is 0 Å². The number of rotatable bonds is 1. The van der Waals surface area contributed by atoms with E-state index in [9.17, 15) is 13.2 Å². The average Bonchev–Trinajstić information content (AvgIpc) is 2.29. The average molecular weight is 223 g/mol. The van der Waals surface area contributed by atoms with Crippen LogP contribution in [0.3, 0.4) is 0 Å². The second kappa shape index (κ2) is 3.96. The maximum atomic E-state index is 12.4. The maximum Gasteiger partial charge on any atom is 0.433 e. The van der Waals surface area contributed by atoms with Gasteiger partial charge in [0.15, 0.2) is 0 Å². The number of nitrogens with zero attached hydrogens (tertiary/aromatic N) is 1. The van der Waals surface area contributed by atoms with Crippen LogP contribution in [0.25, 0.3) is 11.3 Å². The Morgan fingerprint density at radius 3 is 2.12 bits per heavy atom. The topological polar surface area (TPSA) is 12.9 Å². The lowest BCUT2D eigenvalue weighted by molar-refractivity contribution is -0.141. The van der Waals surface area contributed by atoms with Crippen LogP contribution in [-0.4, -0.2) is 4.98 Å². The SMILES string of the molecule is FC(F)(F)c1cccc(-c2ccccc2)n1. The standard InChI is InChI=1S/C12H8F3N/c13-12(14,15)11-8-4-7-10(16-11)9-5-2-1-3-6-9/h1-8H. The summed E-state index contributed by atoms with van der Waals surface area (Å²) in [6.07, 6.45) is -4.40. The van der Waals surface area contributed by atoms with E-state index in [-0.39, 0.29) is 0 Å². The molecule has 0 amide bonds. The van der Waals surface area contributed by atoms with Crippen LogP contribution < -0.4 is 0 Å². The Kier molecular flexibility index (Phi) is 2.64. The predicted octanol–water partition coefficient (Wildman–Crippen LogP) is 3.77. The van der Waals surface area contributed by atoms with Crippen LogP contribution in [0.2, 0.25) is 0 Å².